The summed E-state index contributed by atoms with van der Waals surface area (Å²) in [6.07, 6.45) is 10.4. The minimum absolute atomic E-state index is 0.139. The minimum Gasteiger partial charge on any atom is -0.466 e. The molecular formula is C23H42O4Si. The lowest BCUT2D eigenvalue weighted by atomic mass is 9.60. The van der Waals surface area contributed by atoms with Crippen LogP contribution < -0.4 is 0 Å². The molecule has 0 radical (unpaired) electrons. The number of fused-ring (bicyclic) bond motifs is 1. The Morgan fingerprint density at radius 3 is 2.54 bits per heavy atom. The number of carbonyl (C=O) groups is 1. The van der Waals surface area contributed by atoms with Crippen molar-refractivity contribution < 1.29 is 19.1 Å². The van der Waals surface area contributed by atoms with E-state index in [0.717, 1.165) is 38.5 Å². The Bertz CT molecular complexity index is 567. The van der Waals surface area contributed by atoms with Crippen molar-refractivity contribution in [3.63, 3.8) is 0 Å². The lowest BCUT2D eigenvalue weighted by Gasteiger charge is -2.48. The molecule has 2 aliphatic rings. The normalized spacial score (nSPS) is 34.6. The summed E-state index contributed by atoms with van der Waals surface area (Å²) in [5.74, 6) is 0.458. The van der Waals surface area contributed by atoms with Gasteiger partial charge in [0, 0.05) is 18.3 Å². The van der Waals surface area contributed by atoms with Crippen LogP contribution in [-0.2, 0) is 14.0 Å². The van der Waals surface area contributed by atoms with Gasteiger partial charge in [0.05, 0.1) is 18.3 Å². The molecule has 0 aromatic rings. The van der Waals surface area contributed by atoms with Crippen molar-refractivity contribution in [1.82, 2.24) is 0 Å². The monoisotopic (exact) mass is 410 g/mol. The van der Waals surface area contributed by atoms with Gasteiger partial charge in [-0.1, -0.05) is 39.8 Å². The van der Waals surface area contributed by atoms with E-state index in [1.54, 1.807) is 0 Å². The predicted molar refractivity (Wildman–Crippen MR) is 117 cm³/mol. The van der Waals surface area contributed by atoms with Crippen molar-refractivity contribution in [2.75, 3.05) is 6.61 Å². The maximum absolute atomic E-state index is 11.4. The van der Waals surface area contributed by atoms with Crippen LogP contribution in [-0.4, -0.2) is 38.4 Å². The first-order valence-electron chi connectivity index (χ1n) is 11.1. The zero-order valence-corrected chi connectivity index (χ0v) is 20.2. The average Bonchev–Trinajstić information content (AvgIpc) is 2.81. The SMILES string of the molecule is CC(=O)OC[C@H]1CC[C@]2(O)C[C@@H](C=CCC(O[SiH](C)C)C(C)(C)C)CC[C@]12C. The molecule has 5 heteroatoms. The summed E-state index contributed by atoms with van der Waals surface area (Å²) in [7, 11) is -1.07. The number of rotatable bonds is 7. The summed E-state index contributed by atoms with van der Waals surface area (Å²) in [6.45, 7) is 15.3. The second-order valence-electron chi connectivity index (χ2n) is 10.7. The van der Waals surface area contributed by atoms with Gasteiger partial charge in [-0.2, -0.15) is 0 Å². The maximum atomic E-state index is 11.4. The fourth-order valence-electron chi connectivity index (χ4n) is 5.18. The van der Waals surface area contributed by atoms with Crippen LogP contribution in [0.5, 0.6) is 0 Å². The second kappa shape index (κ2) is 9.01. The number of aliphatic hydroxyl groups is 1. The molecule has 0 amide bonds. The van der Waals surface area contributed by atoms with Gasteiger partial charge >= 0.3 is 5.97 Å². The third-order valence-electron chi connectivity index (χ3n) is 7.15. The van der Waals surface area contributed by atoms with Gasteiger partial charge in [0.25, 0.3) is 0 Å². The Kier molecular flexibility index (Phi) is 7.60. The van der Waals surface area contributed by atoms with Gasteiger partial charge in [-0.15, -0.1) is 0 Å². The summed E-state index contributed by atoms with van der Waals surface area (Å²) in [6, 6.07) is 0. The molecule has 4 nitrogen and oxygen atoms in total. The first kappa shape index (κ1) is 23.6. The van der Waals surface area contributed by atoms with Crippen LogP contribution in [0.4, 0.5) is 0 Å². The lowest BCUT2D eigenvalue weighted by Crippen LogP contribution is -2.50. The molecule has 0 aliphatic heterocycles. The molecule has 0 aromatic heterocycles. The smallest absolute Gasteiger partial charge is 0.302 e. The Hall–Kier alpha value is -0.653. The van der Waals surface area contributed by atoms with Crippen LogP contribution in [0.3, 0.4) is 0 Å². The minimum atomic E-state index is -1.07. The highest BCUT2D eigenvalue weighted by atomic mass is 28.3. The van der Waals surface area contributed by atoms with Gasteiger partial charge in [0.2, 0.25) is 0 Å². The highest BCUT2D eigenvalue weighted by Crippen LogP contribution is 2.59. The lowest BCUT2D eigenvalue weighted by molar-refractivity contribution is -0.148. The van der Waals surface area contributed by atoms with Crippen molar-refractivity contribution in [3.05, 3.63) is 12.2 Å². The van der Waals surface area contributed by atoms with Crippen molar-refractivity contribution in [3.8, 4) is 0 Å². The molecule has 2 aliphatic carbocycles. The van der Waals surface area contributed by atoms with Crippen LogP contribution in [0.2, 0.25) is 13.1 Å². The number of hydrogen-bond donors (Lipinski definition) is 1. The van der Waals surface area contributed by atoms with Crippen LogP contribution in [0.25, 0.3) is 0 Å². The Morgan fingerprint density at radius 2 is 1.96 bits per heavy atom. The molecule has 1 unspecified atom stereocenters. The largest absolute Gasteiger partial charge is 0.466 e. The number of carbonyl (C=O) groups excluding carboxylic acids is 1. The fourth-order valence-corrected chi connectivity index (χ4v) is 6.35. The molecular weight excluding hydrogens is 368 g/mol. The number of hydrogen-bond acceptors (Lipinski definition) is 4. The van der Waals surface area contributed by atoms with Gasteiger partial charge in [0.1, 0.15) is 0 Å². The van der Waals surface area contributed by atoms with Crippen LogP contribution in [0.1, 0.15) is 73.1 Å². The van der Waals surface area contributed by atoms with E-state index in [4.69, 9.17) is 9.16 Å². The average molecular weight is 411 g/mol. The molecule has 0 spiro atoms. The molecule has 1 N–H and O–H groups in total. The van der Waals surface area contributed by atoms with E-state index in [-0.39, 0.29) is 28.8 Å². The Balaban J connectivity index is 1.97. The third-order valence-corrected chi connectivity index (χ3v) is 8.03. The van der Waals surface area contributed by atoms with E-state index in [2.05, 4.69) is 52.9 Å². The molecule has 0 aromatic carbocycles. The van der Waals surface area contributed by atoms with Gasteiger partial charge in [-0.05, 0) is 63.0 Å². The number of ether oxygens (including phenoxy) is 1. The molecule has 28 heavy (non-hydrogen) atoms. The van der Waals surface area contributed by atoms with E-state index < -0.39 is 14.6 Å². The number of allylic oxidation sites excluding steroid dienone is 1. The molecule has 0 saturated heterocycles. The fraction of sp³-hybridized carbons (Fsp3) is 0.870. The zero-order chi connectivity index (χ0) is 21.2. The van der Waals surface area contributed by atoms with E-state index >= 15 is 0 Å². The first-order chi connectivity index (χ1) is 12.9. The van der Waals surface area contributed by atoms with E-state index in [9.17, 15) is 9.90 Å². The van der Waals surface area contributed by atoms with Crippen molar-refractivity contribution in [1.29, 1.82) is 0 Å². The Labute approximate surface area is 173 Å². The quantitative estimate of drug-likeness (QED) is 0.370. The van der Waals surface area contributed by atoms with E-state index in [1.807, 2.05) is 0 Å². The number of esters is 1. The molecule has 0 bridgehead atoms. The van der Waals surface area contributed by atoms with Gasteiger partial charge in [-0.3, -0.25) is 4.79 Å². The first-order valence-corrected chi connectivity index (χ1v) is 13.8. The van der Waals surface area contributed by atoms with E-state index in [0.29, 0.717) is 12.5 Å². The molecule has 0 heterocycles. The Morgan fingerprint density at radius 1 is 1.29 bits per heavy atom. The summed E-state index contributed by atoms with van der Waals surface area (Å²) in [5, 5.41) is 11.4. The van der Waals surface area contributed by atoms with Gasteiger partial charge in [0.15, 0.2) is 9.04 Å². The highest BCUT2D eigenvalue weighted by molar-refractivity contribution is 6.48. The summed E-state index contributed by atoms with van der Waals surface area (Å²) >= 11 is 0. The van der Waals surface area contributed by atoms with Crippen LogP contribution >= 0.6 is 0 Å². The van der Waals surface area contributed by atoms with Crippen molar-refractivity contribution >= 4 is 15.0 Å². The topological polar surface area (TPSA) is 55.8 Å². The second-order valence-corrected chi connectivity index (χ2v) is 13.1. The molecule has 2 fully saturated rings. The van der Waals surface area contributed by atoms with Crippen LogP contribution in [0, 0.1) is 22.7 Å². The molecule has 5 atom stereocenters. The van der Waals surface area contributed by atoms with Crippen LogP contribution in [0.15, 0.2) is 12.2 Å². The van der Waals surface area contributed by atoms with Crippen molar-refractivity contribution in [2.45, 2.75) is 97.9 Å². The standard InChI is InChI=1S/C23H42O4Si/c1-17(24)26-16-19-12-14-23(25)15-18(11-13-22(19,23)5)9-8-10-20(21(2,3)4)27-28(6)7/h8-9,18-20,25,28H,10-16H2,1-7H3/t18-,19+,20?,22+,23-/m0/s1. The molecule has 2 rings (SSSR count). The van der Waals surface area contributed by atoms with Gasteiger partial charge in [-0.25, -0.2) is 0 Å². The summed E-state index contributed by atoms with van der Waals surface area (Å²) in [4.78, 5) is 11.2. The highest BCUT2D eigenvalue weighted by Gasteiger charge is 2.58. The van der Waals surface area contributed by atoms with E-state index in [1.165, 1.54) is 6.92 Å². The maximum Gasteiger partial charge on any atom is 0.302 e. The summed E-state index contributed by atoms with van der Waals surface area (Å²) < 4.78 is 11.6. The molecule has 162 valence electrons. The third kappa shape index (κ3) is 5.48. The zero-order valence-electron chi connectivity index (χ0n) is 19.1. The molecule has 2 saturated carbocycles. The van der Waals surface area contributed by atoms with Gasteiger partial charge < -0.3 is 14.3 Å². The van der Waals surface area contributed by atoms with Crippen molar-refractivity contribution in [2.24, 2.45) is 22.7 Å². The summed E-state index contributed by atoms with van der Waals surface area (Å²) in [5.41, 5.74) is -0.650. The predicted octanol–water partition coefficient (Wildman–Crippen LogP) is 4.86.